The number of halogens is 1. The van der Waals surface area contributed by atoms with Crippen molar-refractivity contribution >= 4 is 15.9 Å². The van der Waals surface area contributed by atoms with Crippen molar-refractivity contribution in [1.29, 1.82) is 0 Å². The molecule has 0 saturated heterocycles. The van der Waals surface area contributed by atoms with Crippen molar-refractivity contribution in [3.63, 3.8) is 0 Å². The quantitative estimate of drug-likeness (QED) is 0.712. The van der Waals surface area contributed by atoms with E-state index in [0.29, 0.717) is 0 Å². The maximum atomic E-state index is 8.93. The maximum absolute atomic E-state index is 8.93. The third-order valence-corrected chi connectivity index (χ3v) is 2.27. The lowest BCUT2D eigenvalue weighted by Gasteiger charge is -2.02. The molecule has 0 aliphatic heterocycles. The summed E-state index contributed by atoms with van der Waals surface area (Å²) in [5.74, 6) is 0. The maximum Gasteiger partial charge on any atom is 0.0681 e. The van der Waals surface area contributed by atoms with Crippen LogP contribution in [-0.4, -0.2) is 11.7 Å². The van der Waals surface area contributed by atoms with Crippen LogP contribution in [0.25, 0.3) is 0 Å². The third kappa shape index (κ3) is 2.31. The van der Waals surface area contributed by atoms with Crippen molar-refractivity contribution < 1.29 is 5.11 Å². The third-order valence-electron chi connectivity index (χ3n) is 1.73. The van der Waals surface area contributed by atoms with Gasteiger partial charge in [-0.1, -0.05) is 39.7 Å². The van der Waals surface area contributed by atoms with Gasteiger partial charge >= 0.3 is 0 Å². The van der Waals surface area contributed by atoms with Crippen molar-refractivity contribution in [1.82, 2.24) is 0 Å². The molecule has 0 aromatic carbocycles. The summed E-state index contributed by atoms with van der Waals surface area (Å²) in [6.45, 7) is 2.17. The summed E-state index contributed by atoms with van der Waals surface area (Å²) in [4.78, 5) is 0. The van der Waals surface area contributed by atoms with E-state index in [1.165, 1.54) is 5.57 Å². The summed E-state index contributed by atoms with van der Waals surface area (Å²) < 4.78 is 1.16. The summed E-state index contributed by atoms with van der Waals surface area (Å²) in [6.07, 6.45) is 6.81. The molecule has 0 atom stereocenters. The van der Waals surface area contributed by atoms with Crippen LogP contribution in [0.3, 0.4) is 0 Å². The molecule has 0 heterocycles. The second-order valence-corrected chi connectivity index (χ2v) is 3.63. The van der Waals surface area contributed by atoms with Crippen LogP contribution in [0.5, 0.6) is 0 Å². The molecule has 0 radical (unpaired) electrons. The van der Waals surface area contributed by atoms with Gasteiger partial charge in [-0.25, -0.2) is 0 Å². The first-order chi connectivity index (χ1) is 5.24. The standard InChI is InChI=1S/C9H11BrO/c1-7-5-9(10)4-2-3-8(7)6-11/h2-4,11H,5-6H2,1H3. The average molecular weight is 215 g/mol. The molecule has 0 amide bonds. The van der Waals surface area contributed by atoms with Gasteiger partial charge in [-0.05, 0) is 17.0 Å². The highest BCUT2D eigenvalue weighted by molar-refractivity contribution is 9.11. The number of hydrogen-bond donors (Lipinski definition) is 1. The van der Waals surface area contributed by atoms with Gasteiger partial charge in [-0.2, -0.15) is 0 Å². The van der Waals surface area contributed by atoms with E-state index in [9.17, 15) is 0 Å². The predicted molar refractivity (Wildman–Crippen MR) is 50.6 cm³/mol. The molecule has 11 heavy (non-hydrogen) atoms. The largest absolute Gasteiger partial charge is 0.392 e. The first-order valence-electron chi connectivity index (χ1n) is 3.56. The van der Waals surface area contributed by atoms with Crippen LogP contribution >= 0.6 is 15.9 Å². The van der Waals surface area contributed by atoms with E-state index in [2.05, 4.69) is 15.9 Å². The number of allylic oxidation sites excluding steroid dienone is 4. The first-order valence-corrected chi connectivity index (χ1v) is 4.35. The molecule has 1 rings (SSSR count). The summed E-state index contributed by atoms with van der Waals surface area (Å²) >= 11 is 3.43. The second kappa shape index (κ2) is 3.88. The highest BCUT2D eigenvalue weighted by atomic mass is 79.9. The fraction of sp³-hybridized carbons (Fsp3) is 0.333. The Morgan fingerprint density at radius 1 is 1.64 bits per heavy atom. The molecule has 0 aromatic heterocycles. The van der Waals surface area contributed by atoms with Crippen LogP contribution in [0.1, 0.15) is 13.3 Å². The molecule has 2 heteroatoms. The van der Waals surface area contributed by atoms with E-state index >= 15 is 0 Å². The Hall–Kier alpha value is -0.340. The number of aliphatic hydroxyl groups is 1. The zero-order chi connectivity index (χ0) is 8.27. The second-order valence-electron chi connectivity index (χ2n) is 2.61. The number of rotatable bonds is 1. The van der Waals surface area contributed by atoms with Crippen LogP contribution < -0.4 is 0 Å². The molecule has 60 valence electrons. The van der Waals surface area contributed by atoms with Crippen molar-refractivity contribution in [2.45, 2.75) is 13.3 Å². The summed E-state index contributed by atoms with van der Waals surface area (Å²) in [7, 11) is 0. The molecule has 0 bridgehead atoms. The van der Waals surface area contributed by atoms with Gasteiger partial charge in [0.25, 0.3) is 0 Å². The Morgan fingerprint density at radius 2 is 2.36 bits per heavy atom. The zero-order valence-electron chi connectivity index (χ0n) is 6.47. The molecule has 0 unspecified atom stereocenters. The van der Waals surface area contributed by atoms with Gasteiger partial charge in [0.15, 0.2) is 0 Å². The first kappa shape index (κ1) is 8.75. The Kier molecular flexibility index (Phi) is 3.09. The van der Waals surface area contributed by atoms with E-state index in [-0.39, 0.29) is 6.61 Å². The monoisotopic (exact) mass is 214 g/mol. The van der Waals surface area contributed by atoms with Gasteiger partial charge in [0.2, 0.25) is 0 Å². The highest BCUT2D eigenvalue weighted by Gasteiger charge is 2.02. The molecular formula is C9H11BrO. The van der Waals surface area contributed by atoms with Crippen LogP contribution in [-0.2, 0) is 0 Å². The van der Waals surface area contributed by atoms with Crippen molar-refractivity contribution in [3.8, 4) is 0 Å². The minimum Gasteiger partial charge on any atom is -0.392 e. The number of aliphatic hydroxyl groups excluding tert-OH is 1. The molecular weight excluding hydrogens is 204 g/mol. The van der Waals surface area contributed by atoms with E-state index in [1.54, 1.807) is 0 Å². The fourth-order valence-corrected chi connectivity index (χ4v) is 1.60. The van der Waals surface area contributed by atoms with Crippen molar-refractivity contribution in [2.75, 3.05) is 6.61 Å². The molecule has 1 aliphatic rings. The summed E-state index contributed by atoms with van der Waals surface area (Å²) in [5.41, 5.74) is 2.25. The van der Waals surface area contributed by atoms with Crippen LogP contribution in [0.2, 0.25) is 0 Å². The molecule has 0 saturated carbocycles. The Bertz CT molecular complexity index is 236. The van der Waals surface area contributed by atoms with Gasteiger partial charge in [0.05, 0.1) is 6.61 Å². The Balaban J connectivity index is 2.88. The normalized spacial score (nSPS) is 18.3. The van der Waals surface area contributed by atoms with E-state index in [0.717, 1.165) is 16.5 Å². The van der Waals surface area contributed by atoms with Gasteiger partial charge in [-0.15, -0.1) is 0 Å². The van der Waals surface area contributed by atoms with Crippen LogP contribution in [0.4, 0.5) is 0 Å². The molecule has 1 aliphatic carbocycles. The molecule has 1 N–H and O–H groups in total. The lowest BCUT2D eigenvalue weighted by Crippen LogP contribution is -1.90. The Labute approximate surface area is 75.2 Å². The van der Waals surface area contributed by atoms with Gasteiger partial charge in [-0.3, -0.25) is 0 Å². The smallest absolute Gasteiger partial charge is 0.0681 e. The molecule has 0 spiro atoms. The average Bonchev–Trinajstić information content (AvgIpc) is 2.11. The summed E-state index contributed by atoms with van der Waals surface area (Å²) in [6, 6.07) is 0. The minimum atomic E-state index is 0.135. The van der Waals surface area contributed by atoms with E-state index in [1.807, 2.05) is 25.2 Å². The number of hydrogen-bond acceptors (Lipinski definition) is 1. The Morgan fingerprint density at radius 3 is 3.00 bits per heavy atom. The lowest BCUT2D eigenvalue weighted by atomic mass is 10.1. The molecule has 0 aromatic rings. The van der Waals surface area contributed by atoms with Gasteiger partial charge in [0.1, 0.15) is 0 Å². The minimum absolute atomic E-state index is 0.135. The predicted octanol–water partition coefficient (Wildman–Crippen LogP) is 2.53. The van der Waals surface area contributed by atoms with Crippen LogP contribution in [0, 0.1) is 0 Å². The SMILES string of the molecule is CC1=C(CO)C=CC=C(Br)C1. The molecule has 1 nitrogen and oxygen atoms in total. The zero-order valence-corrected chi connectivity index (χ0v) is 8.06. The highest BCUT2D eigenvalue weighted by Crippen LogP contribution is 2.22. The van der Waals surface area contributed by atoms with E-state index in [4.69, 9.17) is 5.11 Å². The van der Waals surface area contributed by atoms with Gasteiger partial charge in [0, 0.05) is 6.42 Å². The van der Waals surface area contributed by atoms with Crippen LogP contribution in [0.15, 0.2) is 33.9 Å². The lowest BCUT2D eigenvalue weighted by molar-refractivity contribution is 0.333. The fourth-order valence-electron chi connectivity index (χ4n) is 1.02. The van der Waals surface area contributed by atoms with Gasteiger partial charge < -0.3 is 5.11 Å². The van der Waals surface area contributed by atoms with Crippen molar-refractivity contribution in [2.24, 2.45) is 0 Å². The van der Waals surface area contributed by atoms with Crippen molar-refractivity contribution in [3.05, 3.63) is 33.9 Å². The topological polar surface area (TPSA) is 20.2 Å². The molecule has 0 fully saturated rings. The van der Waals surface area contributed by atoms with E-state index < -0.39 is 0 Å². The summed E-state index contributed by atoms with van der Waals surface area (Å²) in [5, 5.41) is 8.93.